The summed E-state index contributed by atoms with van der Waals surface area (Å²) in [7, 11) is 4.01. The van der Waals surface area contributed by atoms with Gasteiger partial charge in [0.2, 0.25) is 0 Å². The second-order valence-corrected chi connectivity index (χ2v) is 4.99. The van der Waals surface area contributed by atoms with Gasteiger partial charge in [-0.15, -0.1) is 0 Å². The van der Waals surface area contributed by atoms with Crippen LogP contribution in [-0.2, 0) is 0 Å². The van der Waals surface area contributed by atoms with Gasteiger partial charge in [-0.05, 0) is 45.3 Å². The summed E-state index contributed by atoms with van der Waals surface area (Å²) in [5.41, 5.74) is 0. The Hall–Kier alpha value is -1.17. The zero-order valence-corrected chi connectivity index (χ0v) is 11.8. The normalized spacial score (nSPS) is 14.4. The fraction of sp³-hybridized carbons (Fsp3) is 0.571. The first-order valence-corrected chi connectivity index (χ1v) is 6.42. The third-order valence-electron chi connectivity index (χ3n) is 2.60. The second kappa shape index (κ2) is 8.09. The first kappa shape index (κ1) is 15.9. The van der Waals surface area contributed by atoms with Crippen molar-refractivity contribution in [2.75, 3.05) is 33.8 Å². The molecule has 1 aromatic carbocycles. The molecular weight excluding hydrogens is 247 g/mol. The second-order valence-electron chi connectivity index (χ2n) is 4.99. The molecule has 0 saturated carbocycles. The smallest absolute Gasteiger partial charge is 0.123 e. The Morgan fingerprint density at radius 1 is 1.32 bits per heavy atom. The highest BCUT2D eigenvalue weighted by Crippen LogP contribution is 2.11. The largest absolute Gasteiger partial charge is 0.491 e. The number of rotatable bonds is 8. The summed E-state index contributed by atoms with van der Waals surface area (Å²) >= 11 is 0. The molecule has 108 valence electrons. The molecule has 0 spiro atoms. The lowest BCUT2D eigenvalue weighted by atomic mass is 10.3. The molecule has 1 aromatic rings. The summed E-state index contributed by atoms with van der Waals surface area (Å²) in [6.45, 7) is 3.63. The van der Waals surface area contributed by atoms with E-state index >= 15 is 0 Å². The molecule has 2 N–H and O–H groups in total. The number of likely N-dealkylation sites (N-methyl/N-ethyl adjacent to an activating group) is 1. The first-order valence-electron chi connectivity index (χ1n) is 6.42. The molecular formula is C14H23FN2O2. The van der Waals surface area contributed by atoms with Crippen LogP contribution in [0.15, 0.2) is 24.3 Å². The lowest BCUT2D eigenvalue weighted by Crippen LogP contribution is -2.41. The highest BCUT2D eigenvalue weighted by atomic mass is 19.1. The zero-order valence-electron chi connectivity index (χ0n) is 11.8. The quantitative estimate of drug-likeness (QED) is 0.742. The van der Waals surface area contributed by atoms with Crippen LogP contribution in [0.5, 0.6) is 5.75 Å². The SMILES string of the molecule is CC(CN(C)C)NCC(O)COc1ccc(F)cc1. The van der Waals surface area contributed by atoms with Crippen LogP contribution in [0, 0.1) is 5.82 Å². The lowest BCUT2D eigenvalue weighted by Gasteiger charge is -2.20. The van der Waals surface area contributed by atoms with E-state index in [1.165, 1.54) is 12.1 Å². The van der Waals surface area contributed by atoms with E-state index < -0.39 is 6.10 Å². The summed E-state index contributed by atoms with van der Waals surface area (Å²) in [4.78, 5) is 2.08. The number of aliphatic hydroxyl groups is 1. The summed E-state index contributed by atoms with van der Waals surface area (Å²) in [6, 6.07) is 6.06. The van der Waals surface area contributed by atoms with E-state index in [2.05, 4.69) is 17.1 Å². The number of hydrogen-bond acceptors (Lipinski definition) is 4. The Kier molecular flexibility index (Phi) is 6.77. The number of aliphatic hydroxyl groups excluding tert-OH is 1. The Morgan fingerprint density at radius 3 is 2.53 bits per heavy atom. The molecule has 19 heavy (non-hydrogen) atoms. The van der Waals surface area contributed by atoms with Crippen LogP contribution in [0.4, 0.5) is 4.39 Å². The minimum Gasteiger partial charge on any atom is -0.491 e. The first-order chi connectivity index (χ1) is 8.97. The molecule has 2 unspecified atom stereocenters. The monoisotopic (exact) mass is 270 g/mol. The van der Waals surface area contributed by atoms with Crippen LogP contribution in [0.3, 0.4) is 0 Å². The Labute approximate surface area is 114 Å². The van der Waals surface area contributed by atoms with Crippen molar-refractivity contribution in [2.24, 2.45) is 0 Å². The highest BCUT2D eigenvalue weighted by molar-refractivity contribution is 5.22. The molecule has 0 radical (unpaired) electrons. The van der Waals surface area contributed by atoms with Crippen molar-refractivity contribution in [2.45, 2.75) is 19.1 Å². The standard InChI is InChI=1S/C14H23FN2O2/c1-11(9-17(2)3)16-8-13(18)10-19-14-6-4-12(15)5-7-14/h4-7,11,13,16,18H,8-10H2,1-3H3. The summed E-state index contributed by atoms with van der Waals surface area (Å²) in [5, 5.41) is 13.0. The average Bonchev–Trinajstić information content (AvgIpc) is 2.35. The van der Waals surface area contributed by atoms with Crippen LogP contribution >= 0.6 is 0 Å². The van der Waals surface area contributed by atoms with Crippen molar-refractivity contribution in [3.8, 4) is 5.75 Å². The number of nitrogens with one attached hydrogen (secondary N) is 1. The van der Waals surface area contributed by atoms with Crippen molar-refractivity contribution in [3.63, 3.8) is 0 Å². The number of halogens is 1. The molecule has 0 fully saturated rings. The summed E-state index contributed by atoms with van der Waals surface area (Å²) in [5.74, 6) is 0.258. The molecule has 0 heterocycles. The van der Waals surface area contributed by atoms with Crippen molar-refractivity contribution in [3.05, 3.63) is 30.1 Å². The highest BCUT2D eigenvalue weighted by Gasteiger charge is 2.08. The third kappa shape index (κ3) is 7.10. The summed E-state index contributed by atoms with van der Waals surface area (Å²) in [6.07, 6.45) is -0.588. The number of benzene rings is 1. The third-order valence-corrected chi connectivity index (χ3v) is 2.60. The van der Waals surface area contributed by atoms with Gasteiger partial charge in [0.15, 0.2) is 0 Å². The van der Waals surface area contributed by atoms with Gasteiger partial charge in [0, 0.05) is 19.1 Å². The van der Waals surface area contributed by atoms with E-state index in [4.69, 9.17) is 4.74 Å². The van der Waals surface area contributed by atoms with E-state index in [9.17, 15) is 9.50 Å². The number of ether oxygens (including phenoxy) is 1. The van der Waals surface area contributed by atoms with Crippen molar-refractivity contribution < 1.29 is 14.2 Å². The van der Waals surface area contributed by atoms with E-state index in [0.717, 1.165) is 6.54 Å². The van der Waals surface area contributed by atoms with Gasteiger partial charge in [-0.25, -0.2) is 4.39 Å². The maximum absolute atomic E-state index is 12.7. The molecule has 0 aliphatic heterocycles. The van der Waals surface area contributed by atoms with Crippen molar-refractivity contribution in [1.82, 2.24) is 10.2 Å². The number of hydrogen-bond donors (Lipinski definition) is 2. The van der Waals surface area contributed by atoms with E-state index in [-0.39, 0.29) is 12.4 Å². The minimum absolute atomic E-state index is 0.188. The fourth-order valence-corrected chi connectivity index (χ4v) is 1.73. The Balaban J connectivity index is 2.20. The molecule has 5 heteroatoms. The van der Waals surface area contributed by atoms with Gasteiger partial charge in [-0.2, -0.15) is 0 Å². The Bertz CT molecular complexity index is 357. The van der Waals surface area contributed by atoms with Gasteiger partial charge < -0.3 is 20.1 Å². The molecule has 0 aromatic heterocycles. The van der Waals surface area contributed by atoms with Crippen LogP contribution in [0.1, 0.15) is 6.92 Å². The van der Waals surface area contributed by atoms with Crippen molar-refractivity contribution >= 4 is 0 Å². The maximum atomic E-state index is 12.7. The van der Waals surface area contributed by atoms with Gasteiger partial charge in [0.05, 0.1) is 0 Å². The van der Waals surface area contributed by atoms with E-state index in [1.54, 1.807) is 12.1 Å². The molecule has 0 aliphatic carbocycles. The van der Waals surface area contributed by atoms with Gasteiger partial charge in [-0.3, -0.25) is 0 Å². The maximum Gasteiger partial charge on any atom is 0.123 e. The van der Waals surface area contributed by atoms with E-state index in [1.807, 2.05) is 14.1 Å². The van der Waals surface area contributed by atoms with Crippen LogP contribution < -0.4 is 10.1 Å². The average molecular weight is 270 g/mol. The van der Waals surface area contributed by atoms with Crippen LogP contribution in [-0.4, -0.2) is 55.9 Å². The number of nitrogens with zero attached hydrogens (tertiary/aromatic N) is 1. The molecule has 0 aliphatic rings. The summed E-state index contributed by atoms with van der Waals surface area (Å²) < 4.78 is 18.0. The Morgan fingerprint density at radius 2 is 1.95 bits per heavy atom. The van der Waals surface area contributed by atoms with Gasteiger partial charge in [0.25, 0.3) is 0 Å². The molecule has 0 saturated heterocycles. The molecule has 0 amide bonds. The van der Waals surface area contributed by atoms with Crippen LogP contribution in [0.2, 0.25) is 0 Å². The minimum atomic E-state index is -0.588. The topological polar surface area (TPSA) is 44.7 Å². The van der Waals surface area contributed by atoms with Gasteiger partial charge >= 0.3 is 0 Å². The molecule has 4 nitrogen and oxygen atoms in total. The predicted octanol–water partition coefficient (Wildman–Crippen LogP) is 1.11. The molecule has 1 rings (SSSR count). The van der Waals surface area contributed by atoms with Crippen LogP contribution in [0.25, 0.3) is 0 Å². The zero-order chi connectivity index (χ0) is 14.3. The van der Waals surface area contributed by atoms with E-state index in [0.29, 0.717) is 18.3 Å². The van der Waals surface area contributed by atoms with Gasteiger partial charge in [-0.1, -0.05) is 0 Å². The predicted molar refractivity (Wildman–Crippen MR) is 73.9 cm³/mol. The fourth-order valence-electron chi connectivity index (χ4n) is 1.73. The van der Waals surface area contributed by atoms with Gasteiger partial charge in [0.1, 0.15) is 24.3 Å². The lowest BCUT2D eigenvalue weighted by molar-refractivity contribution is 0.103. The molecule has 2 atom stereocenters. The molecule has 0 bridgehead atoms. The van der Waals surface area contributed by atoms with Crippen molar-refractivity contribution in [1.29, 1.82) is 0 Å².